The molecule has 0 bridgehead atoms. The van der Waals surface area contributed by atoms with Crippen LogP contribution in [0.2, 0.25) is 0 Å². The van der Waals surface area contributed by atoms with E-state index in [2.05, 4.69) is 48.1 Å². The fourth-order valence-electron chi connectivity index (χ4n) is 4.81. The van der Waals surface area contributed by atoms with E-state index >= 15 is 0 Å². The number of nitrogens with zero attached hydrogens (tertiary/aromatic N) is 3. The van der Waals surface area contributed by atoms with Crippen molar-refractivity contribution in [2.24, 2.45) is 5.92 Å². The minimum atomic E-state index is 0.0900. The number of thioether (sulfide) groups is 1. The first-order valence-corrected chi connectivity index (χ1v) is 14.3. The number of ether oxygens (including phenoxy) is 2. The van der Waals surface area contributed by atoms with Crippen LogP contribution >= 0.6 is 23.1 Å². The molecule has 4 heterocycles. The van der Waals surface area contributed by atoms with E-state index in [-0.39, 0.29) is 5.91 Å². The number of likely N-dealkylation sites (tertiary alicyclic amines) is 1. The summed E-state index contributed by atoms with van der Waals surface area (Å²) in [5, 5.41) is 0.858. The zero-order valence-electron chi connectivity index (χ0n) is 20.9. The average molecular weight is 524 g/mol. The number of hydrogen-bond donors (Lipinski definition) is 0. The molecule has 1 atom stereocenters. The van der Waals surface area contributed by atoms with Gasteiger partial charge in [-0.15, -0.1) is 11.3 Å². The molecule has 0 spiro atoms. The second-order valence-corrected chi connectivity index (χ2v) is 11.9. The highest BCUT2D eigenvalue weighted by molar-refractivity contribution is 7.99. The second kappa shape index (κ2) is 11.7. The summed E-state index contributed by atoms with van der Waals surface area (Å²) < 4.78 is 12.7. The van der Waals surface area contributed by atoms with E-state index < -0.39 is 0 Å². The molecule has 1 aromatic carbocycles. The number of aryl methyl sites for hydroxylation is 1. The van der Waals surface area contributed by atoms with Crippen LogP contribution in [0.15, 0.2) is 53.7 Å². The fourth-order valence-corrected chi connectivity index (χ4v) is 6.43. The number of pyridine rings is 1. The third-order valence-electron chi connectivity index (χ3n) is 6.66. The Morgan fingerprint density at radius 3 is 2.94 bits per heavy atom. The van der Waals surface area contributed by atoms with Crippen LogP contribution in [0, 0.1) is 12.8 Å². The summed E-state index contributed by atoms with van der Waals surface area (Å²) >= 11 is 3.24. The predicted molar refractivity (Wildman–Crippen MR) is 146 cm³/mol. The largest absolute Gasteiger partial charge is 0.489 e. The number of benzene rings is 1. The topological polar surface area (TPSA) is 54.9 Å². The summed E-state index contributed by atoms with van der Waals surface area (Å²) in [7, 11) is 2.18. The zero-order valence-corrected chi connectivity index (χ0v) is 22.6. The Bertz CT molecular complexity index is 1180. The molecule has 1 amide bonds. The molecule has 36 heavy (non-hydrogen) atoms. The van der Waals surface area contributed by atoms with E-state index in [1.807, 2.05) is 23.1 Å². The molecule has 6 nitrogen and oxygen atoms in total. The Morgan fingerprint density at radius 2 is 2.17 bits per heavy atom. The van der Waals surface area contributed by atoms with Crippen LogP contribution < -0.4 is 9.47 Å². The molecule has 8 heteroatoms. The number of amides is 1. The highest BCUT2D eigenvalue weighted by Crippen LogP contribution is 2.40. The molecule has 0 unspecified atom stereocenters. The SMILES string of the molecule is Cc1ccc(-c2cc3c(c(OC[C@@H]4CCCN(C)C4)c2)OCCN(C(=O)CSc2ccccn2)C3)s1. The van der Waals surface area contributed by atoms with Gasteiger partial charge in [0, 0.05) is 40.5 Å². The van der Waals surface area contributed by atoms with Gasteiger partial charge in [0.05, 0.1) is 23.9 Å². The molecule has 0 aliphatic carbocycles. The van der Waals surface area contributed by atoms with Gasteiger partial charge in [0.15, 0.2) is 11.5 Å². The van der Waals surface area contributed by atoms with Crippen molar-refractivity contribution in [2.45, 2.75) is 31.3 Å². The molecule has 0 saturated carbocycles. The maximum atomic E-state index is 13.1. The number of hydrogen-bond acceptors (Lipinski definition) is 7. The van der Waals surface area contributed by atoms with Crippen molar-refractivity contribution in [2.75, 3.05) is 45.6 Å². The summed E-state index contributed by atoms with van der Waals surface area (Å²) in [6.07, 6.45) is 4.15. The lowest BCUT2D eigenvalue weighted by atomic mass is 9.99. The Labute approximate surface area is 221 Å². The Morgan fingerprint density at radius 1 is 1.25 bits per heavy atom. The summed E-state index contributed by atoms with van der Waals surface area (Å²) in [5.74, 6) is 2.53. The van der Waals surface area contributed by atoms with Crippen molar-refractivity contribution in [3.05, 3.63) is 59.1 Å². The smallest absolute Gasteiger partial charge is 0.233 e. The highest BCUT2D eigenvalue weighted by Gasteiger charge is 2.25. The van der Waals surface area contributed by atoms with Gasteiger partial charge in [-0.3, -0.25) is 4.79 Å². The van der Waals surface area contributed by atoms with Crippen molar-refractivity contribution in [3.8, 4) is 21.9 Å². The van der Waals surface area contributed by atoms with E-state index in [9.17, 15) is 4.79 Å². The van der Waals surface area contributed by atoms with E-state index in [1.54, 1.807) is 17.5 Å². The van der Waals surface area contributed by atoms with Gasteiger partial charge in [0.25, 0.3) is 0 Å². The maximum absolute atomic E-state index is 13.1. The van der Waals surface area contributed by atoms with Crippen LogP contribution in [0.4, 0.5) is 0 Å². The average Bonchev–Trinajstić information content (AvgIpc) is 3.20. The van der Waals surface area contributed by atoms with Crippen LogP contribution in [0.5, 0.6) is 11.5 Å². The first-order valence-electron chi connectivity index (χ1n) is 12.5. The lowest BCUT2D eigenvalue weighted by molar-refractivity contribution is -0.129. The second-order valence-electron chi connectivity index (χ2n) is 9.57. The molecule has 190 valence electrons. The van der Waals surface area contributed by atoms with Gasteiger partial charge in [-0.05, 0) is 75.3 Å². The Hall–Kier alpha value is -2.55. The third kappa shape index (κ3) is 6.22. The van der Waals surface area contributed by atoms with Gasteiger partial charge >= 0.3 is 0 Å². The van der Waals surface area contributed by atoms with Gasteiger partial charge in [-0.25, -0.2) is 4.98 Å². The van der Waals surface area contributed by atoms with Crippen molar-refractivity contribution < 1.29 is 14.3 Å². The molecule has 1 fully saturated rings. The first kappa shape index (κ1) is 25.1. The van der Waals surface area contributed by atoms with Gasteiger partial charge < -0.3 is 19.3 Å². The first-order chi connectivity index (χ1) is 17.5. The third-order valence-corrected chi connectivity index (χ3v) is 8.63. The molecule has 2 aliphatic heterocycles. The molecule has 3 aromatic rings. The van der Waals surface area contributed by atoms with Gasteiger partial charge in [0.1, 0.15) is 6.61 Å². The van der Waals surface area contributed by atoms with Gasteiger partial charge in [-0.1, -0.05) is 17.8 Å². The lowest BCUT2D eigenvalue weighted by Gasteiger charge is -2.29. The van der Waals surface area contributed by atoms with E-state index in [0.29, 0.717) is 38.0 Å². The van der Waals surface area contributed by atoms with Crippen molar-refractivity contribution >= 4 is 29.0 Å². The van der Waals surface area contributed by atoms with E-state index in [4.69, 9.17) is 9.47 Å². The quantitative estimate of drug-likeness (QED) is 0.389. The van der Waals surface area contributed by atoms with Crippen molar-refractivity contribution in [1.82, 2.24) is 14.8 Å². The van der Waals surface area contributed by atoms with E-state index in [0.717, 1.165) is 40.7 Å². The molecular weight excluding hydrogens is 490 g/mol. The molecular formula is C28H33N3O3S2. The number of carbonyl (C=O) groups excluding carboxylic acids is 1. The number of piperidine rings is 1. The maximum Gasteiger partial charge on any atom is 0.233 e. The van der Waals surface area contributed by atoms with Crippen LogP contribution in [-0.2, 0) is 11.3 Å². The highest BCUT2D eigenvalue weighted by atomic mass is 32.2. The molecule has 1 saturated heterocycles. The molecule has 2 aliphatic rings. The standard InChI is InChI=1S/C28H33N3O3S2/c1-20-8-9-25(36-20)22-14-23-17-31(27(32)19-35-26-7-3-4-10-29-26)12-13-33-28(23)24(15-22)34-18-21-6-5-11-30(2)16-21/h3-4,7-10,14-15,21H,5-6,11-13,16-19H2,1-2H3/t21-/m1/s1. The molecule has 0 N–H and O–H groups in total. The lowest BCUT2D eigenvalue weighted by Crippen LogP contribution is -2.34. The Balaban J connectivity index is 1.37. The molecule has 5 rings (SSSR count). The summed E-state index contributed by atoms with van der Waals surface area (Å²) in [6, 6.07) is 14.3. The number of rotatable bonds is 7. The van der Waals surface area contributed by atoms with Crippen molar-refractivity contribution in [3.63, 3.8) is 0 Å². The fraction of sp³-hybridized carbons (Fsp3) is 0.429. The van der Waals surface area contributed by atoms with Crippen LogP contribution in [-0.4, -0.2) is 66.3 Å². The van der Waals surface area contributed by atoms with Crippen molar-refractivity contribution in [1.29, 1.82) is 0 Å². The van der Waals surface area contributed by atoms with E-state index in [1.165, 1.54) is 34.4 Å². The predicted octanol–water partition coefficient (Wildman–Crippen LogP) is 5.35. The van der Waals surface area contributed by atoms with Crippen LogP contribution in [0.1, 0.15) is 23.3 Å². The molecule has 2 aromatic heterocycles. The van der Waals surface area contributed by atoms with Gasteiger partial charge in [0.2, 0.25) is 5.91 Å². The number of carbonyl (C=O) groups is 1. The monoisotopic (exact) mass is 523 g/mol. The molecule has 0 radical (unpaired) electrons. The number of aromatic nitrogens is 1. The number of thiophene rings is 1. The minimum Gasteiger partial charge on any atom is -0.489 e. The van der Waals surface area contributed by atoms with Crippen LogP contribution in [0.3, 0.4) is 0 Å². The van der Waals surface area contributed by atoms with Gasteiger partial charge in [-0.2, -0.15) is 0 Å². The zero-order chi connectivity index (χ0) is 24.9. The summed E-state index contributed by atoms with van der Waals surface area (Å²) in [4.78, 5) is 24.2. The normalized spacial score (nSPS) is 18.3. The minimum absolute atomic E-state index is 0.0900. The number of fused-ring (bicyclic) bond motifs is 1. The summed E-state index contributed by atoms with van der Waals surface area (Å²) in [5.41, 5.74) is 2.12. The summed E-state index contributed by atoms with van der Waals surface area (Å²) in [6.45, 7) is 6.53. The van der Waals surface area contributed by atoms with Crippen LogP contribution in [0.25, 0.3) is 10.4 Å². The Kier molecular flexibility index (Phi) is 8.14.